The molecule has 3 nitrogen and oxygen atoms in total. The number of allylic oxidation sites excluding steroid dienone is 1. The van der Waals surface area contributed by atoms with Crippen LogP contribution in [0.3, 0.4) is 0 Å². The highest BCUT2D eigenvalue weighted by Crippen LogP contribution is 2.08. The van der Waals surface area contributed by atoms with E-state index < -0.39 is 0 Å². The molecule has 0 fully saturated rings. The fraction of sp³-hybridized carbons (Fsp3) is 0.471. The third-order valence-electron chi connectivity index (χ3n) is 3.09. The van der Waals surface area contributed by atoms with Crippen LogP contribution in [0.5, 0.6) is 0 Å². The Morgan fingerprint density at radius 2 is 1.55 bits per heavy atom. The van der Waals surface area contributed by atoms with Crippen molar-refractivity contribution in [1.29, 1.82) is 0 Å². The average Bonchev–Trinajstić information content (AvgIpc) is 2.36. The van der Waals surface area contributed by atoms with Gasteiger partial charge in [0.2, 0.25) is 0 Å². The molecule has 1 rings (SSSR count). The van der Waals surface area contributed by atoms with Crippen molar-refractivity contribution in [2.24, 2.45) is 5.92 Å². The van der Waals surface area contributed by atoms with Crippen molar-refractivity contribution in [3.05, 3.63) is 41.5 Å². The smallest absolute Gasteiger partial charge is 0.161 e. The fourth-order valence-corrected chi connectivity index (χ4v) is 2.11. The molecule has 0 bridgehead atoms. The molecule has 1 aromatic rings. The SMILES string of the molecule is Cc1ccc(/C=C\C(=O)C(CN(C)C)CN(C)C)cc1. The van der Waals surface area contributed by atoms with Crippen LogP contribution in [0.15, 0.2) is 30.3 Å². The summed E-state index contributed by atoms with van der Waals surface area (Å²) in [6, 6.07) is 8.18. The highest BCUT2D eigenvalue weighted by Gasteiger charge is 2.17. The van der Waals surface area contributed by atoms with E-state index in [1.165, 1.54) is 5.56 Å². The topological polar surface area (TPSA) is 23.6 Å². The van der Waals surface area contributed by atoms with E-state index in [-0.39, 0.29) is 11.7 Å². The van der Waals surface area contributed by atoms with Crippen molar-refractivity contribution in [2.45, 2.75) is 6.92 Å². The molecule has 20 heavy (non-hydrogen) atoms. The molecule has 0 heterocycles. The van der Waals surface area contributed by atoms with Crippen molar-refractivity contribution in [1.82, 2.24) is 9.80 Å². The summed E-state index contributed by atoms with van der Waals surface area (Å²) in [4.78, 5) is 16.4. The first-order chi connectivity index (χ1) is 9.38. The summed E-state index contributed by atoms with van der Waals surface area (Å²) < 4.78 is 0. The molecule has 0 aliphatic heterocycles. The first-order valence-corrected chi connectivity index (χ1v) is 6.96. The van der Waals surface area contributed by atoms with Crippen LogP contribution in [0.4, 0.5) is 0 Å². The van der Waals surface area contributed by atoms with E-state index in [2.05, 4.69) is 28.9 Å². The predicted molar refractivity (Wildman–Crippen MR) is 85.8 cm³/mol. The second kappa shape index (κ2) is 7.98. The molecule has 0 amide bonds. The summed E-state index contributed by atoms with van der Waals surface area (Å²) in [6.45, 7) is 3.60. The maximum absolute atomic E-state index is 12.3. The zero-order valence-electron chi connectivity index (χ0n) is 13.3. The molecule has 0 atom stereocenters. The van der Waals surface area contributed by atoms with Gasteiger partial charge in [0.25, 0.3) is 0 Å². The van der Waals surface area contributed by atoms with Gasteiger partial charge in [-0.1, -0.05) is 35.9 Å². The van der Waals surface area contributed by atoms with Crippen molar-refractivity contribution in [2.75, 3.05) is 41.3 Å². The number of nitrogens with zero attached hydrogens (tertiary/aromatic N) is 2. The Kier molecular flexibility index (Phi) is 6.62. The highest BCUT2D eigenvalue weighted by atomic mass is 16.1. The third-order valence-corrected chi connectivity index (χ3v) is 3.09. The molecular formula is C17H26N2O. The average molecular weight is 274 g/mol. The van der Waals surface area contributed by atoms with Crippen LogP contribution in [-0.4, -0.2) is 56.9 Å². The van der Waals surface area contributed by atoms with Gasteiger partial charge in [0.15, 0.2) is 5.78 Å². The molecule has 0 aliphatic rings. The van der Waals surface area contributed by atoms with Gasteiger partial charge in [0.1, 0.15) is 0 Å². The van der Waals surface area contributed by atoms with Crippen LogP contribution in [0.2, 0.25) is 0 Å². The maximum Gasteiger partial charge on any atom is 0.161 e. The summed E-state index contributed by atoms with van der Waals surface area (Å²) in [5.74, 6) is 0.203. The van der Waals surface area contributed by atoms with Gasteiger partial charge in [-0.2, -0.15) is 0 Å². The van der Waals surface area contributed by atoms with Crippen LogP contribution in [0.25, 0.3) is 6.08 Å². The van der Waals surface area contributed by atoms with Crippen molar-refractivity contribution in [3.8, 4) is 0 Å². The number of rotatable bonds is 7. The van der Waals surface area contributed by atoms with Crippen LogP contribution in [-0.2, 0) is 4.79 Å². The monoisotopic (exact) mass is 274 g/mol. The van der Waals surface area contributed by atoms with E-state index >= 15 is 0 Å². The van der Waals surface area contributed by atoms with Gasteiger partial charge in [-0.15, -0.1) is 0 Å². The first kappa shape index (κ1) is 16.6. The lowest BCUT2D eigenvalue weighted by atomic mass is 10.0. The zero-order chi connectivity index (χ0) is 15.1. The Morgan fingerprint density at radius 1 is 1.05 bits per heavy atom. The molecule has 1 aromatic carbocycles. The number of carbonyl (C=O) groups excluding carboxylic acids is 1. The molecule has 0 saturated carbocycles. The minimum absolute atomic E-state index is 0.0155. The lowest BCUT2D eigenvalue weighted by Crippen LogP contribution is -2.34. The minimum Gasteiger partial charge on any atom is -0.309 e. The van der Waals surface area contributed by atoms with Gasteiger partial charge >= 0.3 is 0 Å². The molecule has 0 saturated heterocycles. The van der Waals surface area contributed by atoms with Crippen LogP contribution < -0.4 is 0 Å². The minimum atomic E-state index is 0.0155. The molecule has 0 unspecified atom stereocenters. The summed E-state index contributed by atoms with van der Waals surface area (Å²) in [6.07, 6.45) is 3.61. The van der Waals surface area contributed by atoms with Gasteiger partial charge in [-0.05, 0) is 46.8 Å². The quantitative estimate of drug-likeness (QED) is 0.713. The lowest BCUT2D eigenvalue weighted by Gasteiger charge is -2.22. The van der Waals surface area contributed by atoms with Crippen LogP contribution in [0, 0.1) is 12.8 Å². The Morgan fingerprint density at radius 3 is 2.00 bits per heavy atom. The van der Waals surface area contributed by atoms with E-state index in [0.29, 0.717) is 0 Å². The number of ketones is 1. The number of hydrogen-bond acceptors (Lipinski definition) is 3. The molecule has 0 spiro atoms. The molecular weight excluding hydrogens is 248 g/mol. The summed E-state index contributed by atoms with van der Waals surface area (Å²) in [5.41, 5.74) is 2.30. The Balaban J connectivity index is 2.71. The van der Waals surface area contributed by atoms with E-state index in [4.69, 9.17) is 0 Å². The number of hydrogen-bond donors (Lipinski definition) is 0. The Hall–Kier alpha value is -1.45. The van der Waals surface area contributed by atoms with E-state index in [1.54, 1.807) is 6.08 Å². The molecule has 0 aromatic heterocycles. The van der Waals surface area contributed by atoms with E-state index in [9.17, 15) is 4.79 Å². The molecule has 0 radical (unpaired) electrons. The summed E-state index contributed by atoms with van der Waals surface area (Å²) in [7, 11) is 8.00. The molecule has 0 aliphatic carbocycles. The maximum atomic E-state index is 12.3. The normalized spacial score (nSPS) is 12.0. The number of benzene rings is 1. The molecule has 0 N–H and O–H groups in total. The zero-order valence-corrected chi connectivity index (χ0v) is 13.3. The van der Waals surface area contributed by atoms with Gasteiger partial charge < -0.3 is 9.80 Å². The van der Waals surface area contributed by atoms with Crippen molar-refractivity contribution >= 4 is 11.9 Å². The number of carbonyl (C=O) groups is 1. The standard InChI is InChI=1S/C17H26N2O/c1-14-6-8-15(9-7-14)10-11-17(20)16(12-18(2)3)13-19(4)5/h6-11,16H,12-13H2,1-5H3/b11-10-. The number of aryl methyl sites for hydroxylation is 1. The summed E-state index contributed by atoms with van der Waals surface area (Å²) >= 11 is 0. The fourth-order valence-electron chi connectivity index (χ4n) is 2.11. The van der Waals surface area contributed by atoms with Crippen molar-refractivity contribution < 1.29 is 4.79 Å². The third kappa shape index (κ3) is 6.13. The van der Waals surface area contributed by atoms with E-state index in [0.717, 1.165) is 18.7 Å². The van der Waals surface area contributed by atoms with Gasteiger partial charge in [0, 0.05) is 19.0 Å². The summed E-state index contributed by atoms with van der Waals surface area (Å²) in [5, 5.41) is 0. The Labute approximate surface area is 122 Å². The lowest BCUT2D eigenvalue weighted by molar-refractivity contribution is -0.119. The first-order valence-electron chi connectivity index (χ1n) is 6.96. The highest BCUT2D eigenvalue weighted by molar-refractivity contribution is 5.95. The second-order valence-electron chi connectivity index (χ2n) is 5.87. The predicted octanol–water partition coefficient (Wildman–Crippen LogP) is 2.32. The van der Waals surface area contributed by atoms with Gasteiger partial charge in [-0.25, -0.2) is 0 Å². The van der Waals surface area contributed by atoms with Gasteiger partial charge in [0.05, 0.1) is 0 Å². The van der Waals surface area contributed by atoms with E-state index in [1.807, 2.05) is 46.4 Å². The molecule has 3 heteroatoms. The van der Waals surface area contributed by atoms with Crippen LogP contribution in [0.1, 0.15) is 11.1 Å². The van der Waals surface area contributed by atoms with Crippen molar-refractivity contribution in [3.63, 3.8) is 0 Å². The Bertz CT molecular complexity index is 437. The molecule has 110 valence electrons. The van der Waals surface area contributed by atoms with Crippen LogP contribution >= 0.6 is 0 Å². The second-order valence-corrected chi connectivity index (χ2v) is 5.87. The van der Waals surface area contributed by atoms with Gasteiger partial charge in [-0.3, -0.25) is 4.79 Å². The largest absolute Gasteiger partial charge is 0.309 e.